The van der Waals surface area contributed by atoms with Gasteiger partial charge >= 0.3 is 6.18 Å². The molecule has 0 aromatic heterocycles. The van der Waals surface area contributed by atoms with E-state index in [1.165, 1.54) is 0 Å². The number of hydrogen-bond acceptors (Lipinski definition) is 1. The maximum absolute atomic E-state index is 13.9. The van der Waals surface area contributed by atoms with Crippen LogP contribution in [-0.2, 0) is 6.18 Å². The molecule has 1 unspecified atom stereocenters. The Labute approximate surface area is 120 Å². The third kappa shape index (κ3) is 3.54. The quantitative estimate of drug-likeness (QED) is 0.817. The van der Waals surface area contributed by atoms with Crippen LogP contribution >= 0.6 is 0 Å². The molecule has 1 atom stereocenters. The smallest absolute Gasteiger partial charge is 0.349 e. The standard InChI is InChI=1S/C15H17F4NO/c1-14(2)7-6-9(8-14)20-13(21)10-4-3-5-11(12(10)16)15(17,18)19/h3-5,9H,6-8H2,1-2H3,(H,20,21). The van der Waals surface area contributed by atoms with E-state index in [0.717, 1.165) is 31.4 Å². The minimum absolute atomic E-state index is 0.0876. The molecule has 0 heterocycles. The number of benzene rings is 1. The minimum Gasteiger partial charge on any atom is -0.349 e. The molecule has 116 valence electrons. The number of hydrogen-bond donors (Lipinski definition) is 1. The zero-order valence-corrected chi connectivity index (χ0v) is 11.9. The van der Waals surface area contributed by atoms with Crippen molar-refractivity contribution in [2.75, 3.05) is 0 Å². The van der Waals surface area contributed by atoms with E-state index in [-0.39, 0.29) is 11.5 Å². The first-order valence-electron chi connectivity index (χ1n) is 6.77. The fourth-order valence-corrected chi connectivity index (χ4v) is 2.75. The van der Waals surface area contributed by atoms with Gasteiger partial charge in [-0.05, 0) is 36.8 Å². The zero-order chi connectivity index (χ0) is 15.8. The lowest BCUT2D eigenvalue weighted by Gasteiger charge is -2.18. The van der Waals surface area contributed by atoms with E-state index in [1.54, 1.807) is 0 Å². The molecule has 1 aliphatic rings. The summed E-state index contributed by atoms with van der Waals surface area (Å²) in [6.07, 6.45) is -2.41. The number of nitrogens with one attached hydrogen (secondary N) is 1. The first-order chi connectivity index (χ1) is 9.60. The summed E-state index contributed by atoms with van der Waals surface area (Å²) >= 11 is 0. The molecular formula is C15H17F4NO. The molecule has 2 rings (SSSR count). The number of carbonyl (C=O) groups excluding carboxylic acids is 1. The van der Waals surface area contributed by atoms with Crippen molar-refractivity contribution in [3.8, 4) is 0 Å². The van der Waals surface area contributed by atoms with Gasteiger partial charge < -0.3 is 5.32 Å². The molecule has 0 radical (unpaired) electrons. The molecule has 0 aliphatic heterocycles. The molecule has 0 bridgehead atoms. The molecule has 21 heavy (non-hydrogen) atoms. The molecular weight excluding hydrogens is 286 g/mol. The van der Waals surface area contributed by atoms with Crippen LogP contribution in [0, 0.1) is 11.2 Å². The Kier molecular flexibility index (Phi) is 4.00. The Hall–Kier alpha value is -1.59. The predicted octanol–water partition coefficient (Wildman–Crippen LogP) is 4.15. The van der Waals surface area contributed by atoms with Gasteiger partial charge in [-0.1, -0.05) is 19.9 Å². The van der Waals surface area contributed by atoms with Gasteiger partial charge in [0.15, 0.2) is 0 Å². The number of carbonyl (C=O) groups is 1. The SMILES string of the molecule is CC1(C)CCC(NC(=O)c2cccc(C(F)(F)F)c2F)C1. The average Bonchev–Trinajstić information content (AvgIpc) is 2.67. The maximum Gasteiger partial charge on any atom is 0.419 e. The number of alkyl halides is 3. The topological polar surface area (TPSA) is 29.1 Å². The molecule has 1 N–H and O–H groups in total. The van der Waals surface area contributed by atoms with Gasteiger partial charge in [-0.25, -0.2) is 4.39 Å². The van der Waals surface area contributed by atoms with Crippen molar-refractivity contribution in [1.29, 1.82) is 0 Å². The van der Waals surface area contributed by atoms with Gasteiger partial charge in [-0.15, -0.1) is 0 Å². The first-order valence-corrected chi connectivity index (χ1v) is 6.77. The fourth-order valence-electron chi connectivity index (χ4n) is 2.75. The van der Waals surface area contributed by atoms with Crippen molar-refractivity contribution in [3.63, 3.8) is 0 Å². The van der Waals surface area contributed by atoms with Crippen LogP contribution in [0.15, 0.2) is 18.2 Å². The van der Waals surface area contributed by atoms with E-state index in [9.17, 15) is 22.4 Å². The van der Waals surface area contributed by atoms with Crippen molar-refractivity contribution in [1.82, 2.24) is 5.32 Å². The second kappa shape index (κ2) is 5.31. The van der Waals surface area contributed by atoms with Gasteiger partial charge in [0.05, 0.1) is 11.1 Å². The van der Waals surface area contributed by atoms with Crippen LogP contribution in [0.1, 0.15) is 49.0 Å². The molecule has 1 saturated carbocycles. The van der Waals surface area contributed by atoms with E-state index < -0.39 is 29.0 Å². The summed E-state index contributed by atoms with van der Waals surface area (Å²) in [6, 6.07) is 2.62. The molecule has 2 nitrogen and oxygen atoms in total. The maximum atomic E-state index is 13.9. The van der Waals surface area contributed by atoms with Crippen LogP contribution in [-0.4, -0.2) is 11.9 Å². The molecule has 1 aromatic carbocycles. The number of amides is 1. The van der Waals surface area contributed by atoms with Gasteiger partial charge in [-0.3, -0.25) is 4.79 Å². The van der Waals surface area contributed by atoms with Crippen LogP contribution in [0.25, 0.3) is 0 Å². The third-order valence-corrected chi connectivity index (χ3v) is 3.85. The highest BCUT2D eigenvalue weighted by atomic mass is 19.4. The highest BCUT2D eigenvalue weighted by Crippen LogP contribution is 2.37. The summed E-state index contributed by atoms with van der Waals surface area (Å²) in [4.78, 5) is 12.0. The van der Waals surface area contributed by atoms with E-state index in [4.69, 9.17) is 0 Å². The van der Waals surface area contributed by atoms with E-state index >= 15 is 0 Å². The highest BCUT2D eigenvalue weighted by molar-refractivity contribution is 5.94. The summed E-state index contributed by atoms with van der Waals surface area (Å²) < 4.78 is 51.7. The highest BCUT2D eigenvalue weighted by Gasteiger charge is 2.36. The molecule has 6 heteroatoms. The fraction of sp³-hybridized carbons (Fsp3) is 0.533. The largest absolute Gasteiger partial charge is 0.419 e. The van der Waals surface area contributed by atoms with Crippen LogP contribution in [0.4, 0.5) is 17.6 Å². The molecule has 1 aliphatic carbocycles. The van der Waals surface area contributed by atoms with Gasteiger partial charge in [0.25, 0.3) is 5.91 Å². The Balaban J connectivity index is 2.17. The van der Waals surface area contributed by atoms with Crippen LogP contribution in [0.2, 0.25) is 0 Å². The van der Waals surface area contributed by atoms with Crippen LogP contribution < -0.4 is 5.32 Å². The second-order valence-electron chi connectivity index (χ2n) is 6.24. The summed E-state index contributed by atoms with van der Waals surface area (Å²) in [7, 11) is 0. The lowest BCUT2D eigenvalue weighted by atomic mass is 9.92. The van der Waals surface area contributed by atoms with E-state index in [1.807, 2.05) is 0 Å². The molecule has 1 fully saturated rings. The van der Waals surface area contributed by atoms with Gasteiger partial charge in [0.2, 0.25) is 0 Å². The second-order valence-corrected chi connectivity index (χ2v) is 6.24. The van der Waals surface area contributed by atoms with Gasteiger partial charge in [-0.2, -0.15) is 13.2 Å². The number of rotatable bonds is 2. The Morgan fingerprint density at radius 3 is 2.52 bits per heavy atom. The van der Waals surface area contributed by atoms with Crippen LogP contribution in [0.3, 0.4) is 0 Å². The van der Waals surface area contributed by atoms with Crippen molar-refractivity contribution >= 4 is 5.91 Å². The summed E-state index contributed by atoms with van der Waals surface area (Å²) in [5, 5.41) is 2.62. The normalized spacial score (nSPS) is 21.3. The monoisotopic (exact) mass is 303 g/mol. The van der Waals surface area contributed by atoms with Gasteiger partial charge in [0.1, 0.15) is 5.82 Å². The molecule has 0 saturated heterocycles. The molecule has 0 spiro atoms. The zero-order valence-electron chi connectivity index (χ0n) is 11.9. The van der Waals surface area contributed by atoms with E-state index in [2.05, 4.69) is 19.2 Å². The third-order valence-electron chi connectivity index (χ3n) is 3.85. The minimum atomic E-state index is -4.81. The summed E-state index contributed by atoms with van der Waals surface area (Å²) in [5.74, 6) is -2.30. The summed E-state index contributed by atoms with van der Waals surface area (Å²) in [5.41, 5.74) is -1.89. The first kappa shape index (κ1) is 15.8. The van der Waals surface area contributed by atoms with Crippen molar-refractivity contribution < 1.29 is 22.4 Å². The molecule has 1 aromatic rings. The van der Waals surface area contributed by atoms with Gasteiger partial charge in [0, 0.05) is 6.04 Å². The lowest BCUT2D eigenvalue weighted by Crippen LogP contribution is -2.34. The predicted molar refractivity (Wildman–Crippen MR) is 70.3 cm³/mol. The average molecular weight is 303 g/mol. The Morgan fingerprint density at radius 2 is 2.00 bits per heavy atom. The lowest BCUT2D eigenvalue weighted by molar-refractivity contribution is -0.140. The Bertz CT molecular complexity index is 551. The van der Waals surface area contributed by atoms with Crippen molar-refractivity contribution in [2.24, 2.45) is 5.41 Å². The number of halogens is 4. The van der Waals surface area contributed by atoms with Crippen molar-refractivity contribution in [3.05, 3.63) is 35.1 Å². The van der Waals surface area contributed by atoms with E-state index in [0.29, 0.717) is 6.07 Å². The Morgan fingerprint density at radius 1 is 1.33 bits per heavy atom. The van der Waals surface area contributed by atoms with Crippen LogP contribution in [0.5, 0.6) is 0 Å². The summed E-state index contributed by atoms with van der Waals surface area (Å²) in [6.45, 7) is 4.12. The molecule has 1 amide bonds. The van der Waals surface area contributed by atoms with Crippen molar-refractivity contribution in [2.45, 2.75) is 45.3 Å².